The maximum Gasteiger partial charge on any atom is 0.258 e. The van der Waals surface area contributed by atoms with E-state index in [2.05, 4.69) is 10.0 Å². The van der Waals surface area contributed by atoms with Gasteiger partial charge in [0.25, 0.3) is 5.91 Å². The summed E-state index contributed by atoms with van der Waals surface area (Å²) in [5, 5.41) is 2.52. The summed E-state index contributed by atoms with van der Waals surface area (Å²) >= 11 is 0. The topological polar surface area (TPSA) is 84.5 Å². The number of nitrogens with one attached hydrogen (secondary N) is 2. The molecule has 0 aliphatic rings. The van der Waals surface area contributed by atoms with Crippen LogP contribution < -0.4 is 14.8 Å². The van der Waals surface area contributed by atoms with Crippen molar-refractivity contribution >= 4 is 21.6 Å². The number of carbonyl (C=O) groups excluding carboxylic acids is 1. The lowest BCUT2D eigenvalue weighted by Gasteiger charge is -2.11. The average molecular weight is 366 g/mol. The van der Waals surface area contributed by atoms with Gasteiger partial charge < -0.3 is 10.1 Å². The van der Waals surface area contributed by atoms with Crippen molar-refractivity contribution in [3.05, 3.63) is 53.8 Å². The number of halogens is 1. The van der Waals surface area contributed by atoms with E-state index in [4.69, 9.17) is 4.74 Å². The molecule has 25 heavy (non-hydrogen) atoms. The smallest absolute Gasteiger partial charge is 0.258 e. The second-order valence-corrected chi connectivity index (χ2v) is 6.96. The molecule has 0 heterocycles. The Kier molecular flexibility index (Phi) is 6.11. The van der Waals surface area contributed by atoms with Gasteiger partial charge >= 0.3 is 0 Å². The molecule has 1 amide bonds. The van der Waals surface area contributed by atoms with Crippen LogP contribution in [-0.4, -0.2) is 28.0 Å². The first kappa shape index (κ1) is 18.9. The Balaban J connectivity index is 2.32. The van der Waals surface area contributed by atoms with E-state index in [9.17, 15) is 17.6 Å². The Hall–Kier alpha value is -2.45. The van der Waals surface area contributed by atoms with Crippen LogP contribution >= 0.6 is 0 Å². The van der Waals surface area contributed by atoms with Gasteiger partial charge in [-0.1, -0.05) is 19.1 Å². The number of carbonyl (C=O) groups is 1. The van der Waals surface area contributed by atoms with Crippen molar-refractivity contribution < 1.29 is 22.3 Å². The van der Waals surface area contributed by atoms with E-state index in [-0.39, 0.29) is 17.0 Å². The normalized spacial score (nSPS) is 11.2. The zero-order chi connectivity index (χ0) is 18.4. The van der Waals surface area contributed by atoms with E-state index in [0.717, 1.165) is 18.2 Å². The van der Waals surface area contributed by atoms with Crippen molar-refractivity contribution in [3.8, 4) is 5.75 Å². The fourth-order valence-electron chi connectivity index (χ4n) is 2.10. The summed E-state index contributed by atoms with van der Waals surface area (Å²) in [5.74, 6) is -1.18. The number of sulfonamides is 1. The molecule has 0 aromatic heterocycles. The van der Waals surface area contributed by atoms with Crippen LogP contribution in [0.4, 0.5) is 10.1 Å². The summed E-state index contributed by atoms with van der Waals surface area (Å²) in [6.45, 7) is 2.07. The Morgan fingerprint density at radius 2 is 1.92 bits per heavy atom. The number of methoxy groups -OCH3 is 1. The molecule has 2 aromatic rings. The lowest BCUT2D eigenvalue weighted by atomic mass is 10.2. The van der Waals surface area contributed by atoms with Crippen molar-refractivity contribution in [2.45, 2.75) is 18.2 Å². The predicted octanol–water partition coefficient (Wildman–Crippen LogP) is 2.77. The van der Waals surface area contributed by atoms with Gasteiger partial charge in [-0.05, 0) is 36.8 Å². The standard InChI is InChI=1S/C17H19FN2O4S/c1-3-10-19-25(22,23)12-8-9-14(18)13(11-12)17(21)20-15-6-4-5-7-16(15)24-2/h4-9,11,19H,3,10H2,1-2H3,(H,20,21). The highest BCUT2D eigenvalue weighted by atomic mass is 32.2. The maximum absolute atomic E-state index is 14.0. The number of hydrogen-bond acceptors (Lipinski definition) is 4. The lowest BCUT2D eigenvalue weighted by Crippen LogP contribution is -2.25. The SMILES string of the molecule is CCCNS(=O)(=O)c1ccc(F)c(C(=O)Nc2ccccc2OC)c1. The minimum Gasteiger partial charge on any atom is -0.495 e. The third kappa shape index (κ3) is 4.55. The zero-order valence-corrected chi connectivity index (χ0v) is 14.7. The van der Waals surface area contributed by atoms with Gasteiger partial charge in [0.15, 0.2) is 0 Å². The third-order valence-corrected chi connectivity index (χ3v) is 4.85. The van der Waals surface area contributed by atoms with Crippen LogP contribution in [0, 0.1) is 5.82 Å². The number of ether oxygens (including phenoxy) is 1. The molecule has 2 rings (SSSR count). The number of anilines is 1. The van der Waals surface area contributed by atoms with E-state index in [0.29, 0.717) is 17.9 Å². The number of amides is 1. The van der Waals surface area contributed by atoms with E-state index in [1.165, 1.54) is 7.11 Å². The van der Waals surface area contributed by atoms with E-state index in [1.54, 1.807) is 24.3 Å². The molecule has 0 saturated carbocycles. The largest absolute Gasteiger partial charge is 0.495 e. The second kappa shape index (κ2) is 8.09. The molecule has 8 heteroatoms. The zero-order valence-electron chi connectivity index (χ0n) is 13.9. The minimum absolute atomic E-state index is 0.174. The molecule has 0 fully saturated rings. The lowest BCUT2D eigenvalue weighted by molar-refractivity contribution is 0.102. The molecule has 0 aliphatic carbocycles. The van der Waals surface area contributed by atoms with Crippen LogP contribution in [0.3, 0.4) is 0 Å². The van der Waals surface area contributed by atoms with Gasteiger partial charge in [0.2, 0.25) is 10.0 Å². The highest BCUT2D eigenvalue weighted by molar-refractivity contribution is 7.89. The van der Waals surface area contributed by atoms with Crippen LogP contribution in [0.25, 0.3) is 0 Å². The summed E-state index contributed by atoms with van der Waals surface area (Å²) in [6, 6.07) is 9.73. The molecule has 0 bridgehead atoms. The van der Waals surface area contributed by atoms with Gasteiger partial charge in [0, 0.05) is 6.54 Å². The van der Waals surface area contributed by atoms with Crippen molar-refractivity contribution in [3.63, 3.8) is 0 Å². The minimum atomic E-state index is -3.80. The van der Waals surface area contributed by atoms with Crippen molar-refractivity contribution in [2.24, 2.45) is 0 Å². The van der Waals surface area contributed by atoms with Crippen molar-refractivity contribution in [1.82, 2.24) is 4.72 Å². The van der Waals surface area contributed by atoms with Crippen LogP contribution in [-0.2, 0) is 10.0 Å². The fourth-order valence-corrected chi connectivity index (χ4v) is 3.26. The average Bonchev–Trinajstić information content (AvgIpc) is 2.60. The predicted molar refractivity (Wildman–Crippen MR) is 92.8 cm³/mol. The Morgan fingerprint density at radius 3 is 2.60 bits per heavy atom. The molecule has 2 N–H and O–H groups in total. The van der Waals surface area contributed by atoms with Crippen LogP contribution in [0.15, 0.2) is 47.4 Å². The first-order valence-electron chi connectivity index (χ1n) is 7.62. The van der Waals surface area contributed by atoms with E-state index < -0.39 is 21.7 Å². The summed E-state index contributed by atoms with van der Waals surface area (Å²) in [6.07, 6.45) is 0.613. The molecule has 134 valence electrons. The Morgan fingerprint density at radius 1 is 1.20 bits per heavy atom. The van der Waals surface area contributed by atoms with Crippen molar-refractivity contribution in [1.29, 1.82) is 0 Å². The third-order valence-electron chi connectivity index (χ3n) is 3.39. The van der Waals surface area contributed by atoms with Gasteiger partial charge in [-0.25, -0.2) is 17.5 Å². The summed E-state index contributed by atoms with van der Waals surface area (Å²) in [7, 11) is -2.36. The van der Waals surface area contributed by atoms with Gasteiger partial charge in [0.1, 0.15) is 11.6 Å². The number of rotatable bonds is 7. The number of para-hydroxylation sites is 2. The molecular formula is C17H19FN2O4S. The van der Waals surface area contributed by atoms with E-state index >= 15 is 0 Å². The molecule has 0 aliphatic heterocycles. The number of benzene rings is 2. The maximum atomic E-state index is 14.0. The van der Waals surface area contributed by atoms with Crippen LogP contribution in [0.5, 0.6) is 5.75 Å². The van der Waals surface area contributed by atoms with Gasteiger partial charge in [-0.3, -0.25) is 4.79 Å². The highest BCUT2D eigenvalue weighted by Crippen LogP contribution is 2.24. The van der Waals surface area contributed by atoms with Gasteiger partial charge in [-0.15, -0.1) is 0 Å². The molecule has 0 radical (unpaired) electrons. The highest BCUT2D eigenvalue weighted by Gasteiger charge is 2.19. The summed E-state index contributed by atoms with van der Waals surface area (Å²) in [5.41, 5.74) is -0.0166. The Bertz CT molecular complexity index is 869. The molecule has 0 unspecified atom stereocenters. The van der Waals surface area contributed by atoms with Gasteiger partial charge in [0.05, 0.1) is 23.3 Å². The Labute approximate surface area is 146 Å². The molecule has 0 saturated heterocycles. The monoisotopic (exact) mass is 366 g/mol. The molecule has 0 atom stereocenters. The van der Waals surface area contributed by atoms with Crippen molar-refractivity contribution in [2.75, 3.05) is 19.0 Å². The summed E-state index contributed by atoms with van der Waals surface area (Å²) < 4.78 is 45.8. The van der Waals surface area contributed by atoms with Crippen LogP contribution in [0.1, 0.15) is 23.7 Å². The summed E-state index contributed by atoms with van der Waals surface area (Å²) in [4.78, 5) is 12.2. The quantitative estimate of drug-likeness (QED) is 0.789. The molecule has 2 aromatic carbocycles. The van der Waals surface area contributed by atoms with Gasteiger partial charge in [-0.2, -0.15) is 0 Å². The first-order chi connectivity index (χ1) is 11.9. The molecule has 6 nitrogen and oxygen atoms in total. The van der Waals surface area contributed by atoms with E-state index in [1.807, 2.05) is 6.92 Å². The molecular weight excluding hydrogens is 347 g/mol. The second-order valence-electron chi connectivity index (χ2n) is 5.19. The van der Waals surface area contributed by atoms with Crippen LogP contribution in [0.2, 0.25) is 0 Å². The molecule has 0 spiro atoms. The first-order valence-corrected chi connectivity index (χ1v) is 9.11. The number of hydrogen-bond donors (Lipinski definition) is 2. The fraction of sp³-hybridized carbons (Fsp3) is 0.235.